The Labute approximate surface area is 116 Å². The van der Waals surface area contributed by atoms with Crippen LogP contribution in [0.25, 0.3) is 0 Å². The van der Waals surface area contributed by atoms with Crippen molar-refractivity contribution in [3.05, 3.63) is 12.2 Å². The van der Waals surface area contributed by atoms with Crippen molar-refractivity contribution in [2.45, 2.75) is 77.4 Å². The van der Waals surface area contributed by atoms with Gasteiger partial charge >= 0.3 is 0 Å². The Morgan fingerprint density at radius 3 is 2.89 bits per heavy atom. The molecule has 0 saturated heterocycles. The van der Waals surface area contributed by atoms with Crippen LogP contribution in [0.1, 0.15) is 64.1 Å². The van der Waals surface area contributed by atoms with Gasteiger partial charge in [0.25, 0.3) is 0 Å². The van der Waals surface area contributed by atoms with E-state index in [1.54, 1.807) is 6.33 Å². The normalized spacial score (nSPS) is 18.6. The molecule has 0 bridgehead atoms. The summed E-state index contributed by atoms with van der Waals surface area (Å²) in [5.41, 5.74) is 0. The number of hydrogen-bond acceptors (Lipinski definition) is 3. The Kier molecular flexibility index (Phi) is 5.83. The summed E-state index contributed by atoms with van der Waals surface area (Å²) >= 11 is 0. The molecule has 1 N–H and O–H groups in total. The molecule has 1 aromatic rings. The third kappa shape index (κ3) is 4.60. The SMILES string of the molecule is CCCn1ncnc1CC(O)CCC1CCCCC1. The largest absolute Gasteiger partial charge is 0.393 e. The van der Waals surface area contributed by atoms with Gasteiger partial charge in [0.15, 0.2) is 0 Å². The van der Waals surface area contributed by atoms with E-state index in [1.807, 2.05) is 4.68 Å². The van der Waals surface area contributed by atoms with Crippen LogP contribution in [-0.4, -0.2) is 26.0 Å². The van der Waals surface area contributed by atoms with E-state index >= 15 is 0 Å². The van der Waals surface area contributed by atoms with Crippen molar-refractivity contribution in [3.63, 3.8) is 0 Å². The topological polar surface area (TPSA) is 50.9 Å². The average Bonchev–Trinajstić information content (AvgIpc) is 2.85. The number of aliphatic hydroxyl groups excluding tert-OH is 1. The summed E-state index contributed by atoms with van der Waals surface area (Å²) in [5, 5.41) is 14.4. The van der Waals surface area contributed by atoms with Crippen LogP contribution in [0.2, 0.25) is 0 Å². The average molecular weight is 265 g/mol. The molecule has 19 heavy (non-hydrogen) atoms. The van der Waals surface area contributed by atoms with E-state index in [0.717, 1.165) is 31.1 Å². The highest BCUT2D eigenvalue weighted by atomic mass is 16.3. The van der Waals surface area contributed by atoms with Crippen molar-refractivity contribution >= 4 is 0 Å². The van der Waals surface area contributed by atoms with Gasteiger partial charge < -0.3 is 5.11 Å². The molecule has 0 aliphatic heterocycles. The van der Waals surface area contributed by atoms with Gasteiger partial charge in [-0.1, -0.05) is 39.0 Å². The molecule has 1 aliphatic rings. The molecule has 0 aromatic carbocycles. The lowest BCUT2D eigenvalue weighted by Crippen LogP contribution is -2.17. The van der Waals surface area contributed by atoms with E-state index in [0.29, 0.717) is 6.42 Å². The van der Waals surface area contributed by atoms with Gasteiger partial charge in [0, 0.05) is 13.0 Å². The quantitative estimate of drug-likeness (QED) is 0.824. The summed E-state index contributed by atoms with van der Waals surface area (Å²) in [6, 6.07) is 0. The van der Waals surface area contributed by atoms with Gasteiger partial charge in [-0.15, -0.1) is 0 Å². The summed E-state index contributed by atoms with van der Waals surface area (Å²) in [6.07, 6.45) is 12.0. The molecule has 4 heteroatoms. The third-order valence-corrected chi connectivity index (χ3v) is 4.18. The number of nitrogens with zero attached hydrogens (tertiary/aromatic N) is 3. The van der Waals surface area contributed by atoms with Gasteiger partial charge in [-0.05, 0) is 25.2 Å². The van der Waals surface area contributed by atoms with Crippen molar-refractivity contribution in [1.82, 2.24) is 14.8 Å². The van der Waals surface area contributed by atoms with Crippen molar-refractivity contribution in [3.8, 4) is 0 Å². The fourth-order valence-corrected chi connectivity index (χ4v) is 3.06. The molecule has 1 saturated carbocycles. The van der Waals surface area contributed by atoms with Gasteiger partial charge in [-0.3, -0.25) is 4.68 Å². The fraction of sp³-hybridized carbons (Fsp3) is 0.867. The van der Waals surface area contributed by atoms with Crippen molar-refractivity contribution in [2.75, 3.05) is 0 Å². The fourth-order valence-electron chi connectivity index (χ4n) is 3.06. The van der Waals surface area contributed by atoms with Gasteiger partial charge in [0.2, 0.25) is 0 Å². The summed E-state index contributed by atoms with van der Waals surface area (Å²) in [7, 11) is 0. The van der Waals surface area contributed by atoms with E-state index in [4.69, 9.17) is 0 Å². The highest BCUT2D eigenvalue weighted by Crippen LogP contribution is 2.27. The molecule has 0 amide bonds. The molecule has 2 rings (SSSR count). The molecular weight excluding hydrogens is 238 g/mol. The zero-order valence-corrected chi connectivity index (χ0v) is 12.1. The lowest BCUT2D eigenvalue weighted by molar-refractivity contribution is 0.146. The summed E-state index contributed by atoms with van der Waals surface area (Å²) in [6.45, 7) is 3.02. The standard InChI is InChI=1S/C15H27N3O/c1-2-10-18-15(16-12-17-18)11-14(19)9-8-13-6-4-3-5-7-13/h12-14,19H,2-11H2,1H3. The van der Waals surface area contributed by atoms with Gasteiger partial charge in [0.05, 0.1) is 6.10 Å². The molecule has 0 radical (unpaired) electrons. The molecule has 1 aromatic heterocycles. The lowest BCUT2D eigenvalue weighted by Gasteiger charge is -2.22. The minimum atomic E-state index is -0.262. The van der Waals surface area contributed by atoms with Crippen LogP contribution >= 0.6 is 0 Å². The maximum Gasteiger partial charge on any atom is 0.138 e. The molecule has 1 atom stereocenters. The summed E-state index contributed by atoms with van der Waals surface area (Å²) in [5.74, 6) is 1.77. The molecule has 4 nitrogen and oxygen atoms in total. The summed E-state index contributed by atoms with van der Waals surface area (Å²) < 4.78 is 1.92. The van der Waals surface area contributed by atoms with E-state index in [1.165, 1.54) is 38.5 Å². The smallest absolute Gasteiger partial charge is 0.138 e. The number of rotatable bonds is 7. The summed E-state index contributed by atoms with van der Waals surface area (Å²) in [4.78, 5) is 4.26. The van der Waals surface area contributed by atoms with Crippen molar-refractivity contribution in [2.24, 2.45) is 5.92 Å². The zero-order chi connectivity index (χ0) is 13.5. The monoisotopic (exact) mass is 265 g/mol. The van der Waals surface area contributed by atoms with Gasteiger partial charge in [0.1, 0.15) is 12.2 Å². The highest BCUT2D eigenvalue weighted by molar-refractivity contribution is 4.87. The molecule has 1 unspecified atom stereocenters. The first-order valence-electron chi connectivity index (χ1n) is 7.84. The highest BCUT2D eigenvalue weighted by Gasteiger charge is 2.16. The Morgan fingerprint density at radius 1 is 1.37 bits per heavy atom. The van der Waals surface area contributed by atoms with Crippen LogP contribution in [0.5, 0.6) is 0 Å². The zero-order valence-electron chi connectivity index (χ0n) is 12.1. The van der Waals surface area contributed by atoms with Crippen LogP contribution < -0.4 is 0 Å². The van der Waals surface area contributed by atoms with Crippen LogP contribution in [0.4, 0.5) is 0 Å². The second kappa shape index (κ2) is 7.63. The first-order valence-corrected chi connectivity index (χ1v) is 7.84. The van der Waals surface area contributed by atoms with E-state index < -0.39 is 0 Å². The molecule has 1 fully saturated rings. The number of aromatic nitrogens is 3. The van der Waals surface area contributed by atoms with Crippen LogP contribution in [-0.2, 0) is 13.0 Å². The van der Waals surface area contributed by atoms with E-state index in [9.17, 15) is 5.11 Å². The van der Waals surface area contributed by atoms with Crippen LogP contribution in [0.15, 0.2) is 6.33 Å². The second-order valence-electron chi connectivity index (χ2n) is 5.84. The van der Waals surface area contributed by atoms with E-state index in [2.05, 4.69) is 17.0 Å². The van der Waals surface area contributed by atoms with E-state index in [-0.39, 0.29) is 6.10 Å². The first-order chi connectivity index (χ1) is 9.29. The molecule has 108 valence electrons. The predicted octanol–water partition coefficient (Wildman–Crippen LogP) is 2.95. The van der Waals surface area contributed by atoms with Gasteiger partial charge in [-0.25, -0.2) is 4.98 Å². The Hall–Kier alpha value is -0.900. The molecular formula is C15H27N3O. The Morgan fingerprint density at radius 2 is 2.16 bits per heavy atom. The number of hydrogen-bond donors (Lipinski definition) is 1. The third-order valence-electron chi connectivity index (χ3n) is 4.18. The molecule has 0 spiro atoms. The second-order valence-corrected chi connectivity index (χ2v) is 5.84. The maximum atomic E-state index is 10.2. The lowest BCUT2D eigenvalue weighted by atomic mass is 9.85. The number of aliphatic hydroxyl groups is 1. The maximum absolute atomic E-state index is 10.2. The van der Waals surface area contributed by atoms with Crippen molar-refractivity contribution < 1.29 is 5.11 Å². The molecule has 1 aliphatic carbocycles. The Balaban J connectivity index is 1.73. The van der Waals surface area contributed by atoms with Crippen molar-refractivity contribution in [1.29, 1.82) is 0 Å². The predicted molar refractivity (Wildman–Crippen MR) is 75.8 cm³/mol. The first kappa shape index (κ1) is 14.5. The van der Waals surface area contributed by atoms with Crippen LogP contribution in [0.3, 0.4) is 0 Å². The minimum Gasteiger partial charge on any atom is -0.393 e. The Bertz CT molecular complexity index is 358. The molecule has 1 heterocycles. The minimum absolute atomic E-state index is 0.262. The van der Waals surface area contributed by atoms with Gasteiger partial charge in [-0.2, -0.15) is 5.10 Å². The van der Waals surface area contributed by atoms with Crippen LogP contribution in [0, 0.1) is 5.92 Å². The number of aryl methyl sites for hydroxylation is 1.